The summed E-state index contributed by atoms with van der Waals surface area (Å²) in [5.41, 5.74) is 0.431. The fourth-order valence-corrected chi connectivity index (χ4v) is 0.918. The summed E-state index contributed by atoms with van der Waals surface area (Å²) in [6, 6.07) is 0. The Hall–Kier alpha value is -0.950. The summed E-state index contributed by atoms with van der Waals surface area (Å²) in [4.78, 5) is 10.7. The van der Waals surface area contributed by atoms with Crippen molar-refractivity contribution in [3.63, 3.8) is 0 Å². The van der Waals surface area contributed by atoms with Crippen LogP contribution in [-0.4, -0.2) is 55.0 Å². The van der Waals surface area contributed by atoms with E-state index in [9.17, 15) is 4.79 Å². The molecule has 0 aromatic carbocycles. The number of ether oxygens (including phenoxy) is 3. The molecule has 0 bridgehead atoms. The van der Waals surface area contributed by atoms with Crippen molar-refractivity contribution < 1.29 is 29.2 Å². The molecule has 6 heteroatoms. The zero-order chi connectivity index (χ0) is 16.7. The lowest BCUT2D eigenvalue weighted by atomic mass is 10.3. The first-order valence-electron chi connectivity index (χ1n) is 7.26. The first kappa shape index (κ1) is 22.3. The number of rotatable bonds is 7. The van der Waals surface area contributed by atoms with Gasteiger partial charge in [0, 0.05) is 18.8 Å². The molecule has 1 rings (SSSR count). The Morgan fingerprint density at radius 2 is 1.86 bits per heavy atom. The molecule has 126 valence electrons. The van der Waals surface area contributed by atoms with E-state index in [1.165, 1.54) is 0 Å². The highest BCUT2D eigenvalue weighted by Gasteiger charge is 2.24. The monoisotopic (exact) mass is 306 g/mol. The summed E-state index contributed by atoms with van der Waals surface area (Å²) in [7, 11) is 0. The van der Waals surface area contributed by atoms with Gasteiger partial charge in [0.05, 0.1) is 6.61 Å². The molecule has 1 aliphatic heterocycles. The number of hydrogen-bond acceptors (Lipinski definition) is 6. The third kappa shape index (κ3) is 21.5. The van der Waals surface area contributed by atoms with Gasteiger partial charge in [-0.2, -0.15) is 0 Å². The van der Waals surface area contributed by atoms with E-state index in [2.05, 4.69) is 6.58 Å². The first-order chi connectivity index (χ1) is 9.88. The molecule has 1 heterocycles. The number of carbonyl (C=O) groups is 1. The van der Waals surface area contributed by atoms with Crippen LogP contribution in [0.4, 0.5) is 0 Å². The molecule has 6 nitrogen and oxygen atoms in total. The number of epoxide rings is 1. The van der Waals surface area contributed by atoms with Gasteiger partial charge >= 0.3 is 5.97 Å². The van der Waals surface area contributed by atoms with Crippen LogP contribution in [0.25, 0.3) is 0 Å². The van der Waals surface area contributed by atoms with Crippen molar-refractivity contribution >= 4 is 5.97 Å². The van der Waals surface area contributed by atoms with Crippen molar-refractivity contribution in [3.05, 3.63) is 12.2 Å². The number of esters is 1. The van der Waals surface area contributed by atoms with Gasteiger partial charge in [0.15, 0.2) is 6.29 Å². The summed E-state index contributed by atoms with van der Waals surface area (Å²) in [5, 5.41) is 16.2. The quantitative estimate of drug-likeness (QED) is 0.322. The van der Waals surface area contributed by atoms with Crippen LogP contribution in [0.5, 0.6) is 0 Å². The van der Waals surface area contributed by atoms with E-state index < -0.39 is 6.29 Å². The third-order valence-corrected chi connectivity index (χ3v) is 2.11. The minimum atomic E-state index is -1.10. The normalized spacial score (nSPS) is 15.3. The zero-order valence-corrected chi connectivity index (χ0v) is 13.6. The lowest BCUT2D eigenvalue weighted by Crippen LogP contribution is -2.09. The molecule has 1 saturated heterocycles. The van der Waals surface area contributed by atoms with Crippen LogP contribution < -0.4 is 0 Å². The van der Waals surface area contributed by atoms with E-state index in [0.29, 0.717) is 25.2 Å². The van der Waals surface area contributed by atoms with Gasteiger partial charge in [-0.1, -0.05) is 19.9 Å². The number of hydrogen-bond donors (Lipinski definition) is 2. The fraction of sp³-hybridized carbons (Fsp3) is 0.800. The molecular formula is C15H30O6. The van der Waals surface area contributed by atoms with Crippen LogP contribution >= 0.6 is 0 Å². The van der Waals surface area contributed by atoms with Gasteiger partial charge < -0.3 is 24.4 Å². The smallest absolute Gasteiger partial charge is 0.333 e. The summed E-state index contributed by atoms with van der Waals surface area (Å²) in [5.74, 6) is -0.337. The van der Waals surface area contributed by atoms with Crippen molar-refractivity contribution in [3.8, 4) is 0 Å². The molecule has 21 heavy (non-hydrogen) atoms. The van der Waals surface area contributed by atoms with Crippen LogP contribution in [0, 0.1) is 0 Å². The maximum Gasteiger partial charge on any atom is 0.333 e. The predicted molar refractivity (Wildman–Crippen MR) is 80.8 cm³/mol. The van der Waals surface area contributed by atoms with Crippen LogP contribution in [0.2, 0.25) is 0 Å². The molecule has 0 saturated carbocycles. The summed E-state index contributed by atoms with van der Waals surface area (Å²) in [6.45, 7) is 13.7. The van der Waals surface area contributed by atoms with E-state index in [1.807, 2.05) is 20.8 Å². The summed E-state index contributed by atoms with van der Waals surface area (Å²) >= 11 is 0. The van der Waals surface area contributed by atoms with Crippen LogP contribution in [0.3, 0.4) is 0 Å². The molecule has 0 aromatic rings. The molecule has 0 amide bonds. The van der Waals surface area contributed by atoms with Gasteiger partial charge in [-0.25, -0.2) is 4.79 Å². The Bertz CT molecular complexity index is 259. The van der Waals surface area contributed by atoms with E-state index in [-0.39, 0.29) is 12.1 Å². The molecule has 1 unspecified atom stereocenters. The highest BCUT2D eigenvalue weighted by atomic mass is 16.6. The lowest BCUT2D eigenvalue weighted by molar-refractivity contribution is -0.139. The standard InChI is InChI=1S/C7H10O3.C4H10O2.C4H10O/c1-5(2)7(8)10-4-6-3-9-6;1-2-3-4(5)6;1-3-5-4-2/h6H,1,3-4H2,2H3;4-6H,2-3H2,1H3;3-4H2,1-2H3. The highest BCUT2D eigenvalue weighted by molar-refractivity contribution is 5.86. The molecule has 0 spiro atoms. The summed E-state index contributed by atoms with van der Waals surface area (Å²) < 4.78 is 14.4. The predicted octanol–water partition coefficient (Wildman–Crippen LogP) is 1.64. The lowest BCUT2D eigenvalue weighted by Gasteiger charge is -1.99. The van der Waals surface area contributed by atoms with E-state index in [4.69, 9.17) is 24.4 Å². The third-order valence-electron chi connectivity index (χ3n) is 2.11. The second-order valence-electron chi connectivity index (χ2n) is 4.38. The van der Waals surface area contributed by atoms with Gasteiger partial charge in [-0.05, 0) is 27.2 Å². The topological polar surface area (TPSA) is 88.5 Å². The van der Waals surface area contributed by atoms with Gasteiger partial charge in [0.25, 0.3) is 0 Å². The second-order valence-corrected chi connectivity index (χ2v) is 4.38. The van der Waals surface area contributed by atoms with Crippen LogP contribution in [0.1, 0.15) is 40.5 Å². The Morgan fingerprint density at radius 1 is 1.33 bits per heavy atom. The molecule has 1 fully saturated rings. The molecular weight excluding hydrogens is 276 g/mol. The van der Waals surface area contributed by atoms with Crippen molar-refractivity contribution in [1.29, 1.82) is 0 Å². The van der Waals surface area contributed by atoms with Gasteiger partial charge in [-0.3, -0.25) is 0 Å². The van der Waals surface area contributed by atoms with Crippen LogP contribution in [-0.2, 0) is 19.0 Å². The van der Waals surface area contributed by atoms with Crippen molar-refractivity contribution in [2.24, 2.45) is 0 Å². The average Bonchev–Trinajstić information content (AvgIpc) is 3.22. The fourth-order valence-electron chi connectivity index (χ4n) is 0.918. The van der Waals surface area contributed by atoms with Crippen molar-refractivity contribution in [2.75, 3.05) is 26.4 Å². The van der Waals surface area contributed by atoms with Crippen molar-refractivity contribution in [2.45, 2.75) is 52.9 Å². The van der Waals surface area contributed by atoms with Gasteiger partial charge in [-0.15, -0.1) is 0 Å². The molecule has 2 N–H and O–H groups in total. The minimum Gasteiger partial charge on any atom is -0.459 e. The Kier molecular flexibility index (Phi) is 16.4. The average molecular weight is 306 g/mol. The van der Waals surface area contributed by atoms with Gasteiger partial charge in [0.1, 0.15) is 12.7 Å². The van der Waals surface area contributed by atoms with E-state index in [0.717, 1.165) is 19.6 Å². The van der Waals surface area contributed by atoms with E-state index >= 15 is 0 Å². The maximum atomic E-state index is 10.7. The zero-order valence-electron chi connectivity index (χ0n) is 13.6. The Labute approximate surface area is 127 Å². The second kappa shape index (κ2) is 15.4. The van der Waals surface area contributed by atoms with Crippen molar-refractivity contribution in [1.82, 2.24) is 0 Å². The molecule has 1 aliphatic rings. The number of aliphatic hydroxyl groups is 2. The largest absolute Gasteiger partial charge is 0.459 e. The minimum absolute atomic E-state index is 0.142. The van der Waals surface area contributed by atoms with Gasteiger partial charge in [0.2, 0.25) is 0 Å². The Balaban J connectivity index is 0. The number of carbonyl (C=O) groups excluding carboxylic acids is 1. The molecule has 0 radical (unpaired) electrons. The van der Waals surface area contributed by atoms with E-state index in [1.54, 1.807) is 6.92 Å². The SMILES string of the molecule is C=C(C)C(=O)OCC1CO1.CCCC(O)O.CCOCC. The molecule has 1 atom stereocenters. The molecule has 0 aliphatic carbocycles. The first-order valence-corrected chi connectivity index (χ1v) is 7.26. The number of aliphatic hydroxyl groups excluding tert-OH is 1. The maximum absolute atomic E-state index is 10.7. The van der Waals surface area contributed by atoms with Crippen LogP contribution in [0.15, 0.2) is 12.2 Å². The highest BCUT2D eigenvalue weighted by Crippen LogP contribution is 2.09. The molecule has 0 aromatic heterocycles. The Morgan fingerprint density at radius 3 is 2.05 bits per heavy atom. The summed E-state index contributed by atoms with van der Waals surface area (Å²) in [6.07, 6.45) is 0.357.